The second-order valence-corrected chi connectivity index (χ2v) is 3.65. The van der Waals surface area contributed by atoms with Gasteiger partial charge in [-0.1, -0.05) is 0 Å². The zero-order chi connectivity index (χ0) is 10.2. The fraction of sp³-hybridized carbons (Fsp3) is 0.750. The highest BCUT2D eigenvalue weighted by atomic mass is 19.3. The van der Waals surface area contributed by atoms with E-state index in [1.807, 2.05) is 6.92 Å². The molecule has 1 aromatic rings. The van der Waals surface area contributed by atoms with Gasteiger partial charge >= 0.3 is 0 Å². The summed E-state index contributed by atoms with van der Waals surface area (Å²) in [6, 6.07) is 0. The Kier molecular flexibility index (Phi) is 2.22. The third-order valence-electron chi connectivity index (χ3n) is 2.18. The Morgan fingerprint density at radius 1 is 1.43 bits per heavy atom. The van der Waals surface area contributed by atoms with Crippen LogP contribution in [-0.4, -0.2) is 45.5 Å². The van der Waals surface area contributed by atoms with Gasteiger partial charge in [0.2, 0.25) is 0 Å². The molecule has 0 spiro atoms. The molecule has 0 N–H and O–H groups in total. The van der Waals surface area contributed by atoms with Crippen molar-refractivity contribution in [3.8, 4) is 0 Å². The maximum Gasteiger partial charge on any atom is 0.272 e. The molecule has 0 saturated carbocycles. The van der Waals surface area contributed by atoms with Gasteiger partial charge in [0.25, 0.3) is 5.92 Å². The van der Waals surface area contributed by atoms with Crippen LogP contribution in [0.5, 0.6) is 0 Å². The van der Waals surface area contributed by atoms with Crippen molar-refractivity contribution in [2.24, 2.45) is 0 Å². The van der Waals surface area contributed by atoms with E-state index in [1.54, 1.807) is 11.1 Å². The van der Waals surface area contributed by atoms with Crippen molar-refractivity contribution < 1.29 is 8.78 Å². The topological polar surface area (TPSA) is 34.0 Å². The van der Waals surface area contributed by atoms with Crippen LogP contribution in [0, 0.1) is 6.92 Å². The largest absolute Gasteiger partial charge is 0.290 e. The molecule has 78 valence electrons. The zero-order valence-corrected chi connectivity index (χ0v) is 7.95. The molecule has 1 fully saturated rings. The Balaban J connectivity index is 1.74. The van der Waals surface area contributed by atoms with Crippen LogP contribution in [0.3, 0.4) is 0 Å². The summed E-state index contributed by atoms with van der Waals surface area (Å²) in [5, 5.41) is 8.04. The van der Waals surface area contributed by atoms with Crippen molar-refractivity contribution in [1.29, 1.82) is 0 Å². The van der Waals surface area contributed by atoms with Gasteiger partial charge in [-0.2, -0.15) is 15.0 Å². The van der Waals surface area contributed by atoms with Gasteiger partial charge in [-0.05, 0) is 6.92 Å². The first kappa shape index (κ1) is 9.51. The van der Waals surface area contributed by atoms with Crippen LogP contribution in [-0.2, 0) is 6.54 Å². The molecule has 4 nitrogen and oxygen atoms in total. The molecule has 0 radical (unpaired) electrons. The van der Waals surface area contributed by atoms with E-state index in [1.165, 1.54) is 4.80 Å². The first-order chi connectivity index (χ1) is 6.55. The summed E-state index contributed by atoms with van der Waals surface area (Å²) in [5.74, 6) is -2.48. The third-order valence-corrected chi connectivity index (χ3v) is 2.18. The lowest BCUT2D eigenvalue weighted by atomic mass is 10.1. The minimum atomic E-state index is -2.48. The van der Waals surface area contributed by atoms with Crippen LogP contribution < -0.4 is 0 Å². The van der Waals surface area contributed by atoms with Crippen molar-refractivity contribution in [2.45, 2.75) is 19.4 Å². The predicted molar refractivity (Wildman–Crippen MR) is 46.1 cm³/mol. The van der Waals surface area contributed by atoms with Crippen molar-refractivity contribution in [3.63, 3.8) is 0 Å². The standard InChI is InChI=1S/C8H12F2N4/c1-7-4-11-14(12-7)3-2-13-5-8(9,10)6-13/h4H,2-3,5-6H2,1H3. The molecule has 0 aromatic carbocycles. The minimum absolute atomic E-state index is 0.132. The quantitative estimate of drug-likeness (QED) is 0.717. The van der Waals surface area contributed by atoms with Crippen molar-refractivity contribution in [3.05, 3.63) is 11.9 Å². The first-order valence-electron chi connectivity index (χ1n) is 4.52. The average molecular weight is 202 g/mol. The summed E-state index contributed by atoms with van der Waals surface area (Å²) in [5.41, 5.74) is 0.846. The van der Waals surface area contributed by atoms with Gasteiger partial charge in [-0.25, -0.2) is 8.78 Å². The van der Waals surface area contributed by atoms with Gasteiger partial charge in [0.15, 0.2) is 0 Å². The van der Waals surface area contributed by atoms with E-state index >= 15 is 0 Å². The van der Waals surface area contributed by atoms with Gasteiger partial charge in [0.1, 0.15) is 0 Å². The van der Waals surface area contributed by atoms with Gasteiger partial charge in [0, 0.05) is 6.54 Å². The summed E-state index contributed by atoms with van der Waals surface area (Å²) in [6.45, 7) is 2.75. The summed E-state index contributed by atoms with van der Waals surface area (Å²) >= 11 is 0. The maximum atomic E-state index is 12.4. The van der Waals surface area contributed by atoms with Crippen molar-refractivity contribution in [1.82, 2.24) is 19.9 Å². The lowest BCUT2D eigenvalue weighted by Gasteiger charge is -2.38. The molecular formula is C8H12F2N4. The second kappa shape index (κ2) is 3.27. The lowest BCUT2D eigenvalue weighted by Crippen LogP contribution is -2.56. The Hall–Kier alpha value is -1.04. The smallest absolute Gasteiger partial charge is 0.272 e. The van der Waals surface area contributed by atoms with Crippen LogP contribution in [0.1, 0.15) is 5.69 Å². The molecule has 1 aliphatic rings. The molecule has 6 heteroatoms. The second-order valence-electron chi connectivity index (χ2n) is 3.65. The average Bonchev–Trinajstić information content (AvgIpc) is 2.44. The summed E-state index contributed by atoms with van der Waals surface area (Å²) < 4.78 is 24.9. The molecule has 1 saturated heterocycles. The minimum Gasteiger partial charge on any atom is -0.290 e. The van der Waals surface area contributed by atoms with Crippen LogP contribution >= 0.6 is 0 Å². The number of likely N-dealkylation sites (tertiary alicyclic amines) is 1. The molecule has 14 heavy (non-hydrogen) atoms. The summed E-state index contributed by atoms with van der Waals surface area (Å²) in [6.07, 6.45) is 1.66. The SMILES string of the molecule is Cc1cnn(CCN2CC(F)(F)C2)n1. The highest BCUT2D eigenvalue weighted by Crippen LogP contribution is 2.25. The highest BCUT2D eigenvalue weighted by molar-refractivity contribution is 4.87. The van der Waals surface area contributed by atoms with Crippen LogP contribution in [0.2, 0.25) is 0 Å². The van der Waals surface area contributed by atoms with E-state index in [0.717, 1.165) is 5.69 Å². The number of alkyl halides is 2. The Labute approximate surface area is 80.5 Å². The predicted octanol–water partition coefficient (Wildman–Crippen LogP) is 0.537. The Bertz CT molecular complexity index is 315. The highest BCUT2D eigenvalue weighted by Gasteiger charge is 2.43. The number of nitrogens with zero attached hydrogens (tertiary/aromatic N) is 4. The van der Waals surface area contributed by atoms with Crippen molar-refractivity contribution >= 4 is 0 Å². The monoisotopic (exact) mass is 202 g/mol. The van der Waals surface area contributed by atoms with E-state index in [4.69, 9.17) is 0 Å². The molecule has 1 aromatic heterocycles. The Morgan fingerprint density at radius 2 is 2.14 bits per heavy atom. The van der Waals surface area contributed by atoms with Gasteiger partial charge in [-0.15, -0.1) is 0 Å². The summed E-state index contributed by atoms with van der Waals surface area (Å²) in [7, 11) is 0. The van der Waals surface area contributed by atoms with Crippen LogP contribution in [0.15, 0.2) is 6.20 Å². The summed E-state index contributed by atoms with van der Waals surface area (Å²) in [4.78, 5) is 3.23. The molecule has 1 aliphatic heterocycles. The fourth-order valence-corrected chi connectivity index (χ4v) is 1.49. The van der Waals surface area contributed by atoms with E-state index in [9.17, 15) is 8.78 Å². The first-order valence-corrected chi connectivity index (χ1v) is 4.52. The maximum absolute atomic E-state index is 12.4. The fourth-order valence-electron chi connectivity index (χ4n) is 1.49. The Morgan fingerprint density at radius 3 is 2.64 bits per heavy atom. The molecule has 2 rings (SSSR count). The molecule has 0 aliphatic carbocycles. The van der Waals surface area contributed by atoms with E-state index in [0.29, 0.717) is 13.1 Å². The number of hydrogen-bond acceptors (Lipinski definition) is 3. The molecule has 0 amide bonds. The lowest BCUT2D eigenvalue weighted by molar-refractivity contribution is -0.131. The van der Waals surface area contributed by atoms with Crippen LogP contribution in [0.25, 0.3) is 0 Å². The number of hydrogen-bond donors (Lipinski definition) is 0. The van der Waals surface area contributed by atoms with Gasteiger partial charge in [0.05, 0.1) is 31.5 Å². The number of halogens is 2. The molecule has 0 atom stereocenters. The van der Waals surface area contributed by atoms with E-state index in [2.05, 4.69) is 10.2 Å². The third kappa shape index (κ3) is 2.06. The zero-order valence-electron chi connectivity index (χ0n) is 7.95. The molecule has 2 heterocycles. The molecular weight excluding hydrogens is 190 g/mol. The molecule has 0 unspecified atom stereocenters. The number of aryl methyl sites for hydroxylation is 1. The van der Waals surface area contributed by atoms with Crippen molar-refractivity contribution in [2.75, 3.05) is 19.6 Å². The molecule has 0 bridgehead atoms. The van der Waals surface area contributed by atoms with Gasteiger partial charge < -0.3 is 0 Å². The van der Waals surface area contributed by atoms with Crippen LogP contribution in [0.4, 0.5) is 8.78 Å². The van der Waals surface area contributed by atoms with E-state index < -0.39 is 5.92 Å². The van der Waals surface area contributed by atoms with Gasteiger partial charge in [-0.3, -0.25) is 4.90 Å². The van der Waals surface area contributed by atoms with E-state index in [-0.39, 0.29) is 13.1 Å². The number of aromatic nitrogens is 3. The normalized spacial score (nSPS) is 20.8. The number of rotatable bonds is 3.